The molecule has 0 radical (unpaired) electrons. The van der Waals surface area contributed by atoms with Crippen molar-refractivity contribution in [2.24, 2.45) is 0 Å². The maximum atomic E-state index is 11.4. The van der Waals surface area contributed by atoms with E-state index < -0.39 is 0 Å². The molecule has 4 nitrogen and oxygen atoms in total. The molecule has 2 N–H and O–H groups in total. The van der Waals surface area contributed by atoms with Crippen LogP contribution in [0.2, 0.25) is 0 Å². The summed E-state index contributed by atoms with van der Waals surface area (Å²) in [6.07, 6.45) is 0. The van der Waals surface area contributed by atoms with E-state index >= 15 is 0 Å². The number of rotatable bonds is 1. The van der Waals surface area contributed by atoms with Gasteiger partial charge < -0.3 is 5.32 Å². The fourth-order valence-electron chi connectivity index (χ4n) is 2.18. The SMILES string of the molecule is C[C@@H]1NC(c2cccc3scnc23)CNC1=O. The van der Waals surface area contributed by atoms with Crippen LogP contribution in [0.5, 0.6) is 0 Å². The van der Waals surface area contributed by atoms with E-state index in [1.165, 1.54) is 4.70 Å². The highest BCUT2D eigenvalue weighted by Gasteiger charge is 2.26. The van der Waals surface area contributed by atoms with Gasteiger partial charge in [-0.25, -0.2) is 4.98 Å². The molecule has 1 amide bonds. The minimum atomic E-state index is -0.150. The maximum absolute atomic E-state index is 11.4. The van der Waals surface area contributed by atoms with Crippen LogP contribution in [0.1, 0.15) is 18.5 Å². The first-order valence-corrected chi connectivity index (χ1v) is 6.49. The van der Waals surface area contributed by atoms with Gasteiger partial charge in [0.25, 0.3) is 0 Å². The quantitative estimate of drug-likeness (QED) is 0.802. The molecule has 0 aliphatic carbocycles. The number of hydrogen-bond donors (Lipinski definition) is 2. The predicted molar refractivity (Wildman–Crippen MR) is 68.0 cm³/mol. The van der Waals surface area contributed by atoms with E-state index in [0.29, 0.717) is 6.54 Å². The van der Waals surface area contributed by atoms with Crippen LogP contribution in [0.25, 0.3) is 10.2 Å². The number of fused-ring (bicyclic) bond motifs is 1. The summed E-state index contributed by atoms with van der Waals surface area (Å²) in [6, 6.07) is 6.18. The summed E-state index contributed by atoms with van der Waals surface area (Å²) in [4.78, 5) is 15.8. The molecule has 17 heavy (non-hydrogen) atoms. The van der Waals surface area contributed by atoms with Gasteiger partial charge >= 0.3 is 0 Å². The van der Waals surface area contributed by atoms with Gasteiger partial charge in [0.1, 0.15) is 0 Å². The molecule has 1 aliphatic rings. The van der Waals surface area contributed by atoms with Crippen molar-refractivity contribution in [1.82, 2.24) is 15.6 Å². The van der Waals surface area contributed by atoms with Crippen LogP contribution in [-0.2, 0) is 4.79 Å². The molecule has 0 spiro atoms. The van der Waals surface area contributed by atoms with Crippen molar-refractivity contribution in [3.63, 3.8) is 0 Å². The lowest BCUT2D eigenvalue weighted by molar-refractivity contribution is -0.124. The number of nitrogens with zero attached hydrogens (tertiary/aromatic N) is 1. The Hall–Kier alpha value is -1.46. The molecule has 1 fully saturated rings. The second kappa shape index (κ2) is 4.09. The van der Waals surface area contributed by atoms with Crippen LogP contribution in [0.4, 0.5) is 0 Å². The predicted octanol–water partition coefficient (Wildman–Crippen LogP) is 1.45. The van der Waals surface area contributed by atoms with Crippen molar-refractivity contribution in [2.45, 2.75) is 19.0 Å². The zero-order chi connectivity index (χ0) is 11.8. The van der Waals surface area contributed by atoms with Gasteiger partial charge in [-0.3, -0.25) is 10.1 Å². The highest BCUT2D eigenvalue weighted by Crippen LogP contribution is 2.26. The second-order valence-corrected chi connectivity index (χ2v) is 5.12. The number of nitrogens with one attached hydrogen (secondary N) is 2. The van der Waals surface area contributed by atoms with E-state index in [4.69, 9.17) is 0 Å². The van der Waals surface area contributed by atoms with E-state index in [1.807, 2.05) is 18.5 Å². The normalized spacial score (nSPS) is 24.9. The van der Waals surface area contributed by atoms with Gasteiger partial charge in [0, 0.05) is 6.54 Å². The van der Waals surface area contributed by atoms with E-state index in [0.717, 1.165) is 11.1 Å². The molecule has 1 aromatic carbocycles. The molecule has 0 bridgehead atoms. The molecule has 2 atom stereocenters. The lowest BCUT2D eigenvalue weighted by Gasteiger charge is -2.29. The van der Waals surface area contributed by atoms with Crippen molar-refractivity contribution in [3.8, 4) is 0 Å². The van der Waals surface area contributed by atoms with Crippen LogP contribution in [0.3, 0.4) is 0 Å². The second-order valence-electron chi connectivity index (χ2n) is 4.23. The third-order valence-corrected chi connectivity index (χ3v) is 3.89. The number of thiazole rings is 1. The number of carbonyl (C=O) groups is 1. The molecule has 1 unspecified atom stereocenters. The molecule has 2 aromatic rings. The standard InChI is InChI=1S/C12H13N3OS/c1-7-12(16)13-5-9(15-7)8-3-2-4-10-11(8)14-6-17-10/h2-4,6-7,9,15H,5H2,1H3,(H,13,16)/t7-,9?/m0/s1. The fourth-order valence-corrected chi connectivity index (χ4v) is 2.89. The Kier molecular flexibility index (Phi) is 2.57. The zero-order valence-corrected chi connectivity index (χ0v) is 10.3. The smallest absolute Gasteiger partial charge is 0.236 e. The third kappa shape index (κ3) is 1.81. The third-order valence-electron chi connectivity index (χ3n) is 3.09. The number of piperazine rings is 1. The minimum absolute atomic E-state index is 0.0618. The van der Waals surface area contributed by atoms with Crippen molar-refractivity contribution < 1.29 is 4.79 Å². The van der Waals surface area contributed by atoms with Gasteiger partial charge in [0.05, 0.1) is 27.8 Å². The average Bonchev–Trinajstić information content (AvgIpc) is 2.80. The fraction of sp³-hybridized carbons (Fsp3) is 0.333. The Labute approximate surface area is 103 Å². The average molecular weight is 247 g/mol. The minimum Gasteiger partial charge on any atom is -0.353 e. The largest absolute Gasteiger partial charge is 0.353 e. The summed E-state index contributed by atoms with van der Waals surface area (Å²) in [5.74, 6) is 0.0618. The molecule has 88 valence electrons. The van der Waals surface area contributed by atoms with Gasteiger partial charge in [-0.1, -0.05) is 12.1 Å². The lowest BCUT2D eigenvalue weighted by Crippen LogP contribution is -2.52. The zero-order valence-electron chi connectivity index (χ0n) is 9.43. The van der Waals surface area contributed by atoms with Gasteiger partial charge in [-0.15, -0.1) is 11.3 Å². The number of para-hydroxylation sites is 1. The van der Waals surface area contributed by atoms with Crippen molar-refractivity contribution in [3.05, 3.63) is 29.3 Å². The number of carbonyl (C=O) groups excluding carboxylic acids is 1. The van der Waals surface area contributed by atoms with Crippen LogP contribution >= 0.6 is 11.3 Å². The summed E-state index contributed by atoms with van der Waals surface area (Å²) in [7, 11) is 0. The molecule has 1 saturated heterocycles. The van der Waals surface area contributed by atoms with E-state index in [2.05, 4.69) is 27.8 Å². The van der Waals surface area contributed by atoms with Crippen LogP contribution in [0.15, 0.2) is 23.7 Å². The molecule has 0 saturated carbocycles. The van der Waals surface area contributed by atoms with Crippen molar-refractivity contribution >= 4 is 27.5 Å². The Morgan fingerprint density at radius 1 is 1.47 bits per heavy atom. The van der Waals surface area contributed by atoms with Crippen LogP contribution < -0.4 is 10.6 Å². The highest BCUT2D eigenvalue weighted by molar-refractivity contribution is 7.16. The van der Waals surface area contributed by atoms with Crippen molar-refractivity contribution in [2.75, 3.05) is 6.54 Å². The Morgan fingerprint density at radius 3 is 3.18 bits per heavy atom. The highest BCUT2D eigenvalue weighted by atomic mass is 32.1. The van der Waals surface area contributed by atoms with Gasteiger partial charge in [0.2, 0.25) is 5.91 Å². The summed E-state index contributed by atoms with van der Waals surface area (Å²) in [5, 5.41) is 6.23. The Morgan fingerprint density at radius 2 is 2.35 bits per heavy atom. The van der Waals surface area contributed by atoms with E-state index in [9.17, 15) is 4.79 Å². The van der Waals surface area contributed by atoms with E-state index in [1.54, 1.807) is 11.3 Å². The topological polar surface area (TPSA) is 54.0 Å². The lowest BCUT2D eigenvalue weighted by atomic mass is 10.0. The Bertz CT molecular complexity index is 566. The van der Waals surface area contributed by atoms with Gasteiger partial charge in [-0.2, -0.15) is 0 Å². The van der Waals surface area contributed by atoms with Crippen LogP contribution in [-0.4, -0.2) is 23.5 Å². The summed E-state index contributed by atoms with van der Waals surface area (Å²) in [6.45, 7) is 2.50. The van der Waals surface area contributed by atoms with Gasteiger partial charge in [0.15, 0.2) is 0 Å². The molecule has 3 rings (SSSR count). The molecule has 1 aromatic heterocycles. The monoisotopic (exact) mass is 247 g/mol. The summed E-state index contributed by atoms with van der Waals surface area (Å²) >= 11 is 1.64. The number of amides is 1. The Balaban J connectivity index is 1.98. The first kappa shape index (κ1) is 10.7. The number of aromatic nitrogens is 1. The molecule has 1 aliphatic heterocycles. The summed E-state index contributed by atoms with van der Waals surface area (Å²) < 4.78 is 1.19. The number of benzene rings is 1. The van der Waals surface area contributed by atoms with Crippen LogP contribution in [0, 0.1) is 0 Å². The molecular formula is C12H13N3OS. The molecule has 5 heteroatoms. The summed E-state index contributed by atoms with van der Waals surface area (Å²) in [5.41, 5.74) is 4.06. The maximum Gasteiger partial charge on any atom is 0.236 e. The van der Waals surface area contributed by atoms with E-state index in [-0.39, 0.29) is 18.0 Å². The number of hydrogen-bond acceptors (Lipinski definition) is 4. The van der Waals surface area contributed by atoms with Gasteiger partial charge in [-0.05, 0) is 18.6 Å². The first-order valence-electron chi connectivity index (χ1n) is 5.61. The van der Waals surface area contributed by atoms with Crippen molar-refractivity contribution in [1.29, 1.82) is 0 Å². The first-order chi connectivity index (χ1) is 8.25. The molecule has 2 heterocycles. The molecular weight excluding hydrogens is 234 g/mol.